The quantitative estimate of drug-likeness (QED) is 0.245. The number of benzene rings is 4. The van der Waals surface area contributed by atoms with E-state index in [1.807, 2.05) is 60.7 Å². The van der Waals surface area contributed by atoms with Gasteiger partial charge in [-0.3, -0.25) is 9.69 Å². The van der Waals surface area contributed by atoms with E-state index in [9.17, 15) is 14.0 Å². The number of nitrogens with zero attached hydrogens (tertiary/aromatic N) is 2. The second-order valence-electron chi connectivity index (χ2n) is 10.5. The zero-order valence-corrected chi connectivity index (χ0v) is 23.3. The van der Waals surface area contributed by atoms with Crippen LogP contribution in [0.1, 0.15) is 34.2 Å². The first-order valence-corrected chi connectivity index (χ1v) is 14.0. The van der Waals surface area contributed by atoms with Gasteiger partial charge in [0.1, 0.15) is 24.7 Å². The van der Waals surface area contributed by atoms with Crippen molar-refractivity contribution in [3.8, 4) is 16.9 Å². The van der Waals surface area contributed by atoms with Crippen LogP contribution in [-0.4, -0.2) is 48.6 Å². The molecular formula is C35H31FN2O4. The lowest BCUT2D eigenvalue weighted by Gasteiger charge is -2.34. The molecule has 0 spiro atoms. The smallest absolute Gasteiger partial charge is 0.410 e. The molecular weight excluding hydrogens is 531 g/mol. The second-order valence-corrected chi connectivity index (χ2v) is 10.5. The Morgan fingerprint density at radius 1 is 0.881 bits per heavy atom. The minimum Gasteiger partial charge on any atom is -0.497 e. The van der Waals surface area contributed by atoms with Crippen molar-refractivity contribution in [1.29, 1.82) is 0 Å². The number of hydrogen-bond donors (Lipinski definition) is 0. The molecule has 2 aliphatic rings. The summed E-state index contributed by atoms with van der Waals surface area (Å²) in [7, 11) is 1.60. The maximum absolute atomic E-state index is 13.8. The molecule has 0 bridgehead atoms. The average Bonchev–Trinajstić information content (AvgIpc) is 3.34. The summed E-state index contributed by atoms with van der Waals surface area (Å²) in [5.74, 6) is 0.0620. The molecule has 7 heteroatoms. The lowest BCUT2D eigenvalue weighted by molar-refractivity contribution is -0.134. The first kappa shape index (κ1) is 27.3. The zero-order chi connectivity index (χ0) is 29.1. The average molecular weight is 563 g/mol. The lowest BCUT2D eigenvalue weighted by atomic mass is 9.98. The molecule has 0 saturated carbocycles. The lowest BCUT2D eigenvalue weighted by Crippen LogP contribution is -2.45. The number of hydrogen-bond acceptors (Lipinski definition) is 4. The predicted molar refractivity (Wildman–Crippen MR) is 158 cm³/mol. The van der Waals surface area contributed by atoms with Crippen LogP contribution in [0, 0.1) is 5.82 Å². The van der Waals surface area contributed by atoms with Gasteiger partial charge in [-0.05, 0) is 57.6 Å². The second kappa shape index (κ2) is 11.9. The third-order valence-corrected chi connectivity index (χ3v) is 7.94. The van der Waals surface area contributed by atoms with Gasteiger partial charge >= 0.3 is 6.09 Å². The molecule has 0 N–H and O–H groups in total. The van der Waals surface area contributed by atoms with Gasteiger partial charge in [-0.25, -0.2) is 9.18 Å². The fraction of sp³-hybridized carbons (Fsp3) is 0.200. The molecule has 6 rings (SSSR count). The number of rotatable bonds is 6. The van der Waals surface area contributed by atoms with E-state index in [2.05, 4.69) is 24.3 Å². The van der Waals surface area contributed by atoms with E-state index in [4.69, 9.17) is 9.47 Å². The van der Waals surface area contributed by atoms with Gasteiger partial charge in [-0.2, -0.15) is 0 Å². The molecule has 1 aliphatic carbocycles. The van der Waals surface area contributed by atoms with Gasteiger partial charge in [0, 0.05) is 19.0 Å². The Labute approximate surface area is 244 Å². The van der Waals surface area contributed by atoms with Crippen LogP contribution in [0.3, 0.4) is 0 Å². The predicted octanol–water partition coefficient (Wildman–Crippen LogP) is 6.73. The highest BCUT2D eigenvalue weighted by Crippen LogP contribution is 2.44. The number of ether oxygens (including phenoxy) is 2. The summed E-state index contributed by atoms with van der Waals surface area (Å²) in [5, 5.41) is 0. The van der Waals surface area contributed by atoms with Crippen LogP contribution >= 0.6 is 0 Å². The molecule has 1 unspecified atom stereocenters. The Kier molecular flexibility index (Phi) is 7.73. The topological polar surface area (TPSA) is 59.1 Å². The highest BCUT2D eigenvalue weighted by Gasteiger charge is 2.32. The van der Waals surface area contributed by atoms with E-state index in [0.29, 0.717) is 5.75 Å². The van der Waals surface area contributed by atoms with Gasteiger partial charge in [0.15, 0.2) is 0 Å². The van der Waals surface area contributed by atoms with E-state index in [0.717, 1.165) is 33.4 Å². The van der Waals surface area contributed by atoms with Gasteiger partial charge in [0.2, 0.25) is 5.91 Å². The number of methoxy groups -OCH3 is 1. The van der Waals surface area contributed by atoms with Crippen LogP contribution in [0.25, 0.3) is 11.1 Å². The number of fused-ring (bicyclic) bond motifs is 3. The van der Waals surface area contributed by atoms with Gasteiger partial charge in [0.25, 0.3) is 0 Å². The maximum atomic E-state index is 13.8. The molecule has 2 amide bonds. The van der Waals surface area contributed by atoms with Crippen molar-refractivity contribution in [2.45, 2.75) is 18.5 Å². The van der Waals surface area contributed by atoms with Gasteiger partial charge in [-0.1, -0.05) is 84.9 Å². The standard InChI is InChI=1S/C35H31FN2O4/c1-41-27-18-14-25(15-19-27)33-11-6-20-37(22-34(39)38(33)21-24-12-16-26(36)17-13-24)35(40)42-23-32-30-9-4-2-7-28(30)29-8-3-5-10-31(29)32/h2-19,32-33H,20-23H2,1H3/b11-6-. The third-order valence-electron chi connectivity index (χ3n) is 7.94. The van der Waals surface area contributed by atoms with Crippen LogP contribution in [0.2, 0.25) is 0 Å². The molecule has 1 atom stereocenters. The van der Waals surface area contributed by atoms with Crippen LogP contribution in [0.15, 0.2) is 109 Å². The Hall–Kier alpha value is -4.91. The van der Waals surface area contributed by atoms with Crippen molar-refractivity contribution in [2.75, 3.05) is 26.8 Å². The first-order chi connectivity index (χ1) is 20.5. The van der Waals surface area contributed by atoms with Gasteiger partial charge in [0.05, 0.1) is 13.2 Å². The number of amides is 2. The molecule has 4 aromatic carbocycles. The van der Waals surface area contributed by atoms with E-state index >= 15 is 0 Å². The van der Waals surface area contributed by atoms with Crippen molar-refractivity contribution in [3.63, 3.8) is 0 Å². The highest BCUT2D eigenvalue weighted by molar-refractivity contribution is 5.84. The van der Waals surface area contributed by atoms with Gasteiger partial charge in [-0.15, -0.1) is 0 Å². The summed E-state index contributed by atoms with van der Waals surface area (Å²) in [6.45, 7) is 0.516. The Morgan fingerprint density at radius 3 is 2.17 bits per heavy atom. The van der Waals surface area contributed by atoms with Crippen molar-refractivity contribution in [2.24, 2.45) is 0 Å². The van der Waals surface area contributed by atoms with Crippen molar-refractivity contribution in [1.82, 2.24) is 9.80 Å². The van der Waals surface area contributed by atoms with E-state index in [1.54, 1.807) is 24.1 Å². The number of halogens is 1. The molecule has 0 fully saturated rings. The zero-order valence-electron chi connectivity index (χ0n) is 23.3. The highest BCUT2D eigenvalue weighted by atomic mass is 19.1. The molecule has 212 valence electrons. The van der Waals surface area contributed by atoms with Crippen LogP contribution in [0.4, 0.5) is 9.18 Å². The number of carbonyl (C=O) groups excluding carboxylic acids is 2. The van der Waals surface area contributed by atoms with Crippen LogP contribution in [0.5, 0.6) is 5.75 Å². The summed E-state index contributed by atoms with van der Waals surface area (Å²) >= 11 is 0. The molecule has 1 aliphatic heterocycles. The number of carbonyl (C=O) groups is 2. The third kappa shape index (κ3) is 5.50. The summed E-state index contributed by atoms with van der Waals surface area (Å²) < 4.78 is 24.8. The summed E-state index contributed by atoms with van der Waals surface area (Å²) in [5.41, 5.74) is 6.24. The summed E-state index contributed by atoms with van der Waals surface area (Å²) in [6, 6.07) is 29.6. The molecule has 42 heavy (non-hydrogen) atoms. The SMILES string of the molecule is COc1ccc(C2/C=C\CN(C(=O)OCC3c4ccccc4-c4ccccc43)CC(=O)N2Cc2ccc(F)cc2)cc1. The van der Waals surface area contributed by atoms with Crippen LogP contribution < -0.4 is 4.74 Å². The minimum absolute atomic E-state index is 0.0724. The van der Waals surface area contributed by atoms with Crippen LogP contribution in [-0.2, 0) is 16.1 Å². The Morgan fingerprint density at radius 2 is 1.52 bits per heavy atom. The molecule has 4 aromatic rings. The molecule has 0 radical (unpaired) electrons. The first-order valence-electron chi connectivity index (χ1n) is 14.0. The van der Waals surface area contributed by atoms with Crippen molar-refractivity contribution >= 4 is 12.0 Å². The Balaban J connectivity index is 1.22. The fourth-order valence-corrected chi connectivity index (χ4v) is 5.78. The summed E-state index contributed by atoms with van der Waals surface area (Å²) in [6.07, 6.45) is 3.27. The van der Waals surface area contributed by atoms with Gasteiger partial charge < -0.3 is 14.4 Å². The van der Waals surface area contributed by atoms with E-state index < -0.39 is 6.09 Å². The van der Waals surface area contributed by atoms with E-state index in [1.165, 1.54) is 17.0 Å². The summed E-state index contributed by atoms with van der Waals surface area (Å²) in [4.78, 5) is 30.3. The molecule has 1 heterocycles. The molecule has 6 nitrogen and oxygen atoms in total. The van der Waals surface area contributed by atoms with E-state index in [-0.39, 0.29) is 49.9 Å². The Bertz CT molecular complexity index is 1570. The monoisotopic (exact) mass is 562 g/mol. The minimum atomic E-state index is -0.542. The molecule has 0 aromatic heterocycles. The largest absolute Gasteiger partial charge is 0.497 e. The molecule has 0 saturated heterocycles. The maximum Gasteiger partial charge on any atom is 0.410 e. The fourth-order valence-electron chi connectivity index (χ4n) is 5.78. The normalized spacial score (nSPS) is 17.2. The van der Waals surface area contributed by atoms with Crippen molar-refractivity contribution < 1.29 is 23.5 Å². The van der Waals surface area contributed by atoms with Crippen molar-refractivity contribution in [3.05, 3.63) is 137 Å².